The first-order chi connectivity index (χ1) is 10.2. The molecule has 0 fully saturated rings. The van der Waals surface area contributed by atoms with Crippen molar-refractivity contribution in [1.29, 1.82) is 0 Å². The number of methoxy groups -OCH3 is 1. The highest BCUT2D eigenvalue weighted by Gasteiger charge is 2.03. The van der Waals surface area contributed by atoms with Gasteiger partial charge >= 0.3 is 0 Å². The smallest absolute Gasteiger partial charge is 0.224 e. The Hall–Kier alpha value is -2.13. The van der Waals surface area contributed by atoms with Crippen molar-refractivity contribution in [1.82, 2.24) is 5.32 Å². The van der Waals surface area contributed by atoms with Crippen molar-refractivity contribution < 1.29 is 9.53 Å². The number of carbonyl (C=O) groups excluding carboxylic acids is 1. The highest BCUT2D eigenvalue weighted by Crippen LogP contribution is 2.06. The fraction of sp³-hybridized carbons (Fsp3) is 0.278. The van der Waals surface area contributed by atoms with E-state index < -0.39 is 0 Å². The fourth-order valence-corrected chi connectivity index (χ4v) is 2.07. The minimum atomic E-state index is 0.0415. The van der Waals surface area contributed by atoms with Crippen molar-refractivity contribution >= 4 is 5.91 Å². The van der Waals surface area contributed by atoms with Crippen LogP contribution in [0, 0.1) is 6.92 Å². The molecule has 0 heterocycles. The van der Waals surface area contributed by atoms with E-state index in [0.717, 1.165) is 16.7 Å². The highest BCUT2D eigenvalue weighted by atomic mass is 16.5. The van der Waals surface area contributed by atoms with Crippen LogP contribution >= 0.6 is 0 Å². The van der Waals surface area contributed by atoms with E-state index in [-0.39, 0.29) is 5.91 Å². The Labute approximate surface area is 126 Å². The van der Waals surface area contributed by atoms with Crippen LogP contribution in [0.1, 0.15) is 22.3 Å². The van der Waals surface area contributed by atoms with Gasteiger partial charge < -0.3 is 10.1 Å². The van der Waals surface area contributed by atoms with Gasteiger partial charge in [-0.1, -0.05) is 54.1 Å². The van der Waals surface area contributed by atoms with Gasteiger partial charge in [0.15, 0.2) is 0 Å². The summed E-state index contributed by atoms with van der Waals surface area (Å²) in [7, 11) is 1.68. The maximum Gasteiger partial charge on any atom is 0.224 e. The Morgan fingerprint density at radius 1 is 0.952 bits per heavy atom. The summed E-state index contributed by atoms with van der Waals surface area (Å²) in [6, 6.07) is 16.1. The maximum atomic E-state index is 11.9. The van der Waals surface area contributed by atoms with Crippen LogP contribution in [0.4, 0.5) is 0 Å². The third-order valence-electron chi connectivity index (χ3n) is 3.31. The number of ether oxygens (including phenoxy) is 1. The molecule has 0 unspecified atom stereocenters. The topological polar surface area (TPSA) is 38.3 Å². The molecule has 0 saturated carbocycles. The average Bonchev–Trinajstić information content (AvgIpc) is 2.49. The molecular weight excluding hydrogens is 262 g/mol. The molecule has 0 aliphatic rings. The number of aryl methyl sites for hydroxylation is 1. The third kappa shape index (κ3) is 5.04. The molecule has 21 heavy (non-hydrogen) atoms. The monoisotopic (exact) mass is 283 g/mol. The molecule has 110 valence electrons. The lowest BCUT2D eigenvalue weighted by molar-refractivity contribution is -0.120. The zero-order chi connectivity index (χ0) is 15.1. The van der Waals surface area contributed by atoms with E-state index in [9.17, 15) is 4.79 Å². The van der Waals surface area contributed by atoms with Gasteiger partial charge in [0.05, 0.1) is 13.0 Å². The molecule has 2 aromatic carbocycles. The SMILES string of the molecule is COCc1ccc(CNC(=O)Cc2ccc(C)cc2)cc1. The normalized spacial score (nSPS) is 10.4. The third-order valence-corrected chi connectivity index (χ3v) is 3.31. The van der Waals surface area contributed by atoms with Crippen LogP contribution in [0.15, 0.2) is 48.5 Å². The van der Waals surface area contributed by atoms with Crippen molar-refractivity contribution in [2.24, 2.45) is 0 Å². The van der Waals surface area contributed by atoms with Gasteiger partial charge in [0.2, 0.25) is 5.91 Å². The largest absolute Gasteiger partial charge is 0.380 e. The van der Waals surface area contributed by atoms with E-state index in [2.05, 4.69) is 5.32 Å². The lowest BCUT2D eigenvalue weighted by Crippen LogP contribution is -2.24. The molecule has 3 heteroatoms. The second kappa shape index (κ2) is 7.60. The van der Waals surface area contributed by atoms with Crippen molar-refractivity contribution in [3.05, 3.63) is 70.8 Å². The van der Waals surface area contributed by atoms with E-state index in [4.69, 9.17) is 4.74 Å². The van der Waals surface area contributed by atoms with E-state index in [1.54, 1.807) is 7.11 Å². The first-order valence-corrected chi connectivity index (χ1v) is 7.06. The number of hydrogen-bond donors (Lipinski definition) is 1. The Kier molecular flexibility index (Phi) is 5.52. The fourth-order valence-electron chi connectivity index (χ4n) is 2.07. The Morgan fingerprint density at radius 2 is 1.52 bits per heavy atom. The molecule has 0 bridgehead atoms. The van der Waals surface area contributed by atoms with Crippen molar-refractivity contribution in [2.45, 2.75) is 26.5 Å². The summed E-state index contributed by atoms with van der Waals surface area (Å²) >= 11 is 0. The highest BCUT2D eigenvalue weighted by molar-refractivity contribution is 5.78. The summed E-state index contributed by atoms with van der Waals surface area (Å²) in [5, 5.41) is 2.94. The Balaban J connectivity index is 1.81. The molecule has 1 N–H and O–H groups in total. The molecule has 0 radical (unpaired) electrons. The number of hydrogen-bond acceptors (Lipinski definition) is 2. The number of benzene rings is 2. The molecule has 2 aromatic rings. The number of amides is 1. The zero-order valence-corrected chi connectivity index (χ0v) is 12.6. The average molecular weight is 283 g/mol. The summed E-state index contributed by atoms with van der Waals surface area (Å²) in [4.78, 5) is 11.9. The predicted molar refractivity (Wildman–Crippen MR) is 83.9 cm³/mol. The van der Waals surface area contributed by atoms with Crippen LogP contribution in [0.5, 0.6) is 0 Å². The van der Waals surface area contributed by atoms with Crippen LogP contribution in [0.2, 0.25) is 0 Å². The van der Waals surface area contributed by atoms with Gasteiger partial charge in [0, 0.05) is 13.7 Å². The molecule has 2 rings (SSSR count). The van der Waals surface area contributed by atoms with Crippen LogP contribution in [-0.4, -0.2) is 13.0 Å². The molecule has 0 saturated heterocycles. The number of carbonyl (C=O) groups is 1. The molecule has 0 spiro atoms. The summed E-state index contributed by atoms with van der Waals surface area (Å²) in [5.41, 5.74) is 4.46. The van der Waals surface area contributed by atoms with Crippen LogP contribution in [0.3, 0.4) is 0 Å². The molecule has 0 atom stereocenters. The standard InChI is InChI=1S/C18H21NO2/c1-14-3-5-15(6-4-14)11-18(20)19-12-16-7-9-17(10-8-16)13-21-2/h3-10H,11-13H2,1-2H3,(H,19,20). The second-order valence-electron chi connectivity index (χ2n) is 5.19. The molecule has 0 aliphatic carbocycles. The minimum absolute atomic E-state index is 0.0415. The van der Waals surface area contributed by atoms with Crippen molar-refractivity contribution in [3.63, 3.8) is 0 Å². The summed E-state index contributed by atoms with van der Waals surface area (Å²) in [5.74, 6) is 0.0415. The van der Waals surface area contributed by atoms with Gasteiger partial charge in [-0.05, 0) is 23.6 Å². The lowest BCUT2D eigenvalue weighted by atomic mass is 10.1. The summed E-state index contributed by atoms with van der Waals surface area (Å²) < 4.78 is 5.07. The molecule has 0 aromatic heterocycles. The summed E-state index contributed by atoms with van der Waals surface area (Å²) in [6.45, 7) is 3.20. The van der Waals surface area contributed by atoms with E-state index in [0.29, 0.717) is 19.6 Å². The minimum Gasteiger partial charge on any atom is -0.380 e. The number of nitrogens with one attached hydrogen (secondary N) is 1. The van der Waals surface area contributed by atoms with Gasteiger partial charge in [-0.25, -0.2) is 0 Å². The van der Waals surface area contributed by atoms with E-state index in [1.807, 2.05) is 55.5 Å². The zero-order valence-electron chi connectivity index (χ0n) is 12.6. The van der Waals surface area contributed by atoms with Gasteiger partial charge in [-0.2, -0.15) is 0 Å². The van der Waals surface area contributed by atoms with E-state index >= 15 is 0 Å². The van der Waals surface area contributed by atoms with Gasteiger partial charge in [0.25, 0.3) is 0 Å². The summed E-state index contributed by atoms with van der Waals surface area (Å²) in [6.07, 6.45) is 0.419. The van der Waals surface area contributed by atoms with Crippen LogP contribution < -0.4 is 5.32 Å². The molecule has 1 amide bonds. The van der Waals surface area contributed by atoms with Gasteiger partial charge in [-0.3, -0.25) is 4.79 Å². The second-order valence-corrected chi connectivity index (χ2v) is 5.19. The Morgan fingerprint density at radius 3 is 2.14 bits per heavy atom. The number of rotatable bonds is 6. The van der Waals surface area contributed by atoms with Gasteiger partial charge in [-0.15, -0.1) is 0 Å². The quantitative estimate of drug-likeness (QED) is 0.885. The Bertz CT molecular complexity index is 573. The van der Waals surface area contributed by atoms with E-state index in [1.165, 1.54) is 5.56 Å². The molecule has 3 nitrogen and oxygen atoms in total. The molecule has 0 aliphatic heterocycles. The first-order valence-electron chi connectivity index (χ1n) is 7.06. The predicted octanol–water partition coefficient (Wildman–Crippen LogP) is 3.00. The van der Waals surface area contributed by atoms with Crippen molar-refractivity contribution in [2.75, 3.05) is 7.11 Å². The van der Waals surface area contributed by atoms with Crippen molar-refractivity contribution in [3.8, 4) is 0 Å². The first kappa shape index (κ1) is 15.3. The molecular formula is C18H21NO2. The van der Waals surface area contributed by atoms with Crippen LogP contribution in [0.25, 0.3) is 0 Å². The maximum absolute atomic E-state index is 11.9. The van der Waals surface area contributed by atoms with Gasteiger partial charge in [0.1, 0.15) is 0 Å². The lowest BCUT2D eigenvalue weighted by Gasteiger charge is -2.07. The van der Waals surface area contributed by atoms with Crippen LogP contribution in [-0.2, 0) is 29.1 Å².